The van der Waals surface area contributed by atoms with Crippen LogP contribution >= 0.6 is 0 Å². The Kier molecular flexibility index (Phi) is 25.5. The zero-order valence-corrected chi connectivity index (χ0v) is 39.6. The molecule has 0 saturated carbocycles. The average molecular weight is 984 g/mol. The Hall–Kier alpha value is -7.77. The molecule has 0 aliphatic rings. The van der Waals surface area contributed by atoms with E-state index in [9.17, 15) is 53.9 Å². The number of carbonyl (C=O) groups excluding carboxylic acids is 7. The van der Waals surface area contributed by atoms with Gasteiger partial charge in [0.25, 0.3) is 5.96 Å². The first-order valence-electron chi connectivity index (χ1n) is 22.7. The predicted molar refractivity (Wildman–Crippen MR) is 258 cm³/mol. The molecule has 19 N–H and O–H groups in total. The first kappa shape index (κ1) is 58.4. The van der Waals surface area contributed by atoms with E-state index in [1.54, 1.807) is 19.3 Å². The lowest BCUT2D eigenvalue weighted by molar-refractivity contribution is -0.525. The smallest absolute Gasteiger partial charge is 0.251 e. The third-order valence-corrected chi connectivity index (χ3v) is 10.8. The maximum absolute atomic E-state index is 14.5. The molecule has 0 unspecified atom stereocenters. The van der Waals surface area contributed by atoms with Gasteiger partial charge in [0, 0.05) is 32.9 Å². The molecule has 0 heterocycles. The first-order chi connectivity index (χ1) is 33.1. The van der Waals surface area contributed by atoms with Crippen LogP contribution in [0.4, 0.5) is 0 Å². The highest BCUT2D eigenvalue weighted by atomic mass is 16.7. The summed E-state index contributed by atoms with van der Waals surface area (Å²) in [7, 11) is 0. The lowest BCUT2D eigenvalue weighted by Crippen LogP contribution is -2.61. The molecule has 7 amide bonds. The van der Waals surface area contributed by atoms with Gasteiger partial charge in [-0.1, -0.05) is 50.0 Å². The first-order valence-corrected chi connectivity index (χ1v) is 22.7. The van der Waals surface area contributed by atoms with E-state index in [-0.39, 0.29) is 75.5 Å². The lowest BCUT2D eigenvalue weighted by Gasteiger charge is -2.29. The van der Waals surface area contributed by atoms with Crippen LogP contribution in [0.25, 0.3) is 0 Å². The standard InChI is InChI=1S/C44H69N15O11/c1-4-25(2)36(42(68)53-31(37(46)63)9-5-6-20-45)57-39(65)33(11-7-21-50-43(47)48)54-40(66)34(23-27-12-16-29(61)17-13-27)56-41(67)35(24-28-14-18-30(62)19-15-28)55-38(64)32(52-26(3)60)10-8-22-51-44(49)58-59(69)70/h12-19,25,31-36,61-62H,4-11,20-24,45H2,1-3H3,(H2,46,63)(H,52,60)(H,53,68)(H,54,66)(H,55,64)(H,56,67)(H,57,65)(H4,47,48,50)(H3,49,51,58)/t25-,31-,32-,33-,34-,35-,36-/m0/s1. The van der Waals surface area contributed by atoms with Crippen molar-refractivity contribution >= 4 is 53.3 Å². The van der Waals surface area contributed by atoms with Crippen molar-refractivity contribution < 1.29 is 48.8 Å². The number of aliphatic imine (C=N–C) groups is 2. The minimum absolute atomic E-state index is 0.0478. The average Bonchev–Trinajstić information content (AvgIpc) is 3.29. The molecule has 0 aliphatic carbocycles. The summed E-state index contributed by atoms with van der Waals surface area (Å²) in [6.07, 6.45) is 1.45. The molecule has 386 valence electrons. The minimum atomic E-state index is -1.47. The summed E-state index contributed by atoms with van der Waals surface area (Å²) < 4.78 is 0. The van der Waals surface area contributed by atoms with Crippen molar-refractivity contribution in [3.05, 3.63) is 69.8 Å². The van der Waals surface area contributed by atoms with Crippen molar-refractivity contribution in [2.75, 3.05) is 19.6 Å². The van der Waals surface area contributed by atoms with Crippen LogP contribution in [0.15, 0.2) is 58.5 Å². The van der Waals surface area contributed by atoms with Crippen LogP contribution in [0.2, 0.25) is 0 Å². The van der Waals surface area contributed by atoms with Crippen molar-refractivity contribution in [2.24, 2.45) is 44.6 Å². The minimum Gasteiger partial charge on any atom is -0.508 e. The van der Waals surface area contributed by atoms with Crippen molar-refractivity contribution in [2.45, 2.75) is 121 Å². The molecule has 26 nitrogen and oxygen atoms in total. The van der Waals surface area contributed by atoms with Gasteiger partial charge in [0.1, 0.15) is 47.8 Å². The number of primary amides is 1. The van der Waals surface area contributed by atoms with Gasteiger partial charge >= 0.3 is 0 Å². The van der Waals surface area contributed by atoms with E-state index in [1.807, 2.05) is 0 Å². The third kappa shape index (κ3) is 22.4. The van der Waals surface area contributed by atoms with E-state index in [0.717, 1.165) is 0 Å². The summed E-state index contributed by atoms with van der Waals surface area (Å²) in [6, 6.07) is 3.72. The van der Waals surface area contributed by atoms with Gasteiger partial charge in [-0.15, -0.1) is 0 Å². The monoisotopic (exact) mass is 984 g/mol. The number of phenolic OH excluding ortho intramolecular Hbond substituents is 2. The van der Waals surface area contributed by atoms with Crippen LogP contribution in [0.3, 0.4) is 0 Å². The molecule has 70 heavy (non-hydrogen) atoms. The summed E-state index contributed by atoms with van der Waals surface area (Å²) in [5, 5.41) is 45.6. The van der Waals surface area contributed by atoms with Gasteiger partial charge in [0.2, 0.25) is 41.4 Å². The van der Waals surface area contributed by atoms with Crippen molar-refractivity contribution in [3.63, 3.8) is 0 Å². The maximum Gasteiger partial charge on any atom is 0.251 e. The zero-order valence-electron chi connectivity index (χ0n) is 39.6. The SMILES string of the molecule is CC[C@H](C)[C@H](NC(=O)[C@H](CCCN=C(N)N)NC(=O)[C@H](Cc1ccc(O)cc1)NC(=O)[C@H](Cc1ccc(O)cc1)NC(=O)[C@H](CCCN=C(N)N[N+](=O)[O-])NC(C)=O)C(=O)N[C@@H](CCCCN)C(N)=O. The van der Waals surface area contributed by atoms with E-state index in [1.165, 1.54) is 55.5 Å². The molecule has 0 spiro atoms. The maximum atomic E-state index is 14.5. The third-order valence-electron chi connectivity index (χ3n) is 10.8. The van der Waals surface area contributed by atoms with Gasteiger partial charge in [-0.25, -0.2) is 15.1 Å². The van der Waals surface area contributed by atoms with Gasteiger partial charge in [-0.2, -0.15) is 0 Å². The Morgan fingerprint density at radius 2 is 1.04 bits per heavy atom. The Morgan fingerprint density at radius 1 is 0.614 bits per heavy atom. The fourth-order valence-corrected chi connectivity index (χ4v) is 6.88. The van der Waals surface area contributed by atoms with E-state index < -0.39 is 94.5 Å². The van der Waals surface area contributed by atoms with Crippen molar-refractivity contribution in [1.82, 2.24) is 37.3 Å². The molecule has 7 atom stereocenters. The molecule has 0 fully saturated rings. The second-order valence-corrected chi connectivity index (χ2v) is 16.5. The molecule has 0 saturated heterocycles. The van der Waals surface area contributed by atoms with E-state index in [4.69, 9.17) is 28.7 Å². The highest BCUT2D eigenvalue weighted by Gasteiger charge is 2.35. The molecular formula is C44H69N15O11. The van der Waals surface area contributed by atoms with Crippen LogP contribution in [0.5, 0.6) is 11.5 Å². The van der Waals surface area contributed by atoms with E-state index in [2.05, 4.69) is 41.9 Å². The quantitative estimate of drug-likeness (QED) is 0.0121. The van der Waals surface area contributed by atoms with E-state index >= 15 is 0 Å². The summed E-state index contributed by atoms with van der Waals surface area (Å²) in [5.41, 5.74) is 30.3. The summed E-state index contributed by atoms with van der Waals surface area (Å²) in [5.74, 6) is -6.77. The van der Waals surface area contributed by atoms with Gasteiger partial charge in [0.05, 0.1) is 0 Å². The lowest BCUT2D eigenvalue weighted by atomic mass is 9.96. The number of hydrazine groups is 1. The van der Waals surface area contributed by atoms with Crippen LogP contribution in [0, 0.1) is 16.0 Å². The molecule has 0 radical (unpaired) electrons. The number of amides is 7. The number of unbranched alkanes of at least 4 members (excludes halogenated alkanes) is 1. The summed E-state index contributed by atoms with van der Waals surface area (Å²) >= 11 is 0. The normalized spacial score (nSPS) is 14.1. The second-order valence-electron chi connectivity index (χ2n) is 16.5. The highest BCUT2D eigenvalue weighted by molar-refractivity contribution is 5.97. The Labute approximate surface area is 405 Å². The Bertz CT molecular complexity index is 2120. The highest BCUT2D eigenvalue weighted by Crippen LogP contribution is 2.16. The number of phenols is 2. The van der Waals surface area contributed by atoms with Gasteiger partial charge in [0.15, 0.2) is 11.0 Å². The largest absolute Gasteiger partial charge is 0.508 e. The summed E-state index contributed by atoms with van der Waals surface area (Å²) in [4.78, 5) is 114. The number of guanidine groups is 2. The van der Waals surface area contributed by atoms with Crippen LogP contribution in [-0.4, -0.2) is 124 Å². The van der Waals surface area contributed by atoms with Gasteiger partial charge < -0.3 is 70.8 Å². The Morgan fingerprint density at radius 3 is 1.49 bits per heavy atom. The zero-order chi connectivity index (χ0) is 52.3. The number of aromatic hydroxyl groups is 2. The fourth-order valence-electron chi connectivity index (χ4n) is 6.88. The summed E-state index contributed by atoms with van der Waals surface area (Å²) in [6.45, 7) is 5.01. The van der Waals surface area contributed by atoms with Crippen LogP contribution < -0.4 is 66.0 Å². The molecule has 2 rings (SSSR count). The number of nitrogens with two attached hydrogens (primary N) is 5. The second kappa shape index (κ2) is 30.6. The molecular weight excluding hydrogens is 915 g/mol. The Balaban J connectivity index is 2.56. The number of hydrogen-bond donors (Lipinski definition) is 14. The van der Waals surface area contributed by atoms with Gasteiger partial charge in [-0.3, -0.25) is 38.6 Å². The molecule has 0 aromatic heterocycles. The molecule has 26 heteroatoms. The molecule has 2 aromatic carbocycles. The van der Waals surface area contributed by atoms with Crippen molar-refractivity contribution in [1.29, 1.82) is 0 Å². The van der Waals surface area contributed by atoms with Crippen LogP contribution in [-0.2, 0) is 46.4 Å². The fraction of sp³-hybridized carbons (Fsp3) is 0.523. The van der Waals surface area contributed by atoms with Crippen molar-refractivity contribution in [3.8, 4) is 11.5 Å². The molecule has 0 aliphatic heterocycles. The predicted octanol–water partition coefficient (Wildman–Crippen LogP) is -2.60. The number of hydrogen-bond acceptors (Lipinski definition) is 14. The van der Waals surface area contributed by atoms with Gasteiger partial charge in [-0.05, 0) is 92.8 Å². The van der Waals surface area contributed by atoms with E-state index in [0.29, 0.717) is 36.9 Å². The number of benzene rings is 2. The molecule has 2 aromatic rings. The number of nitrogens with zero attached hydrogens (tertiary/aromatic N) is 3. The van der Waals surface area contributed by atoms with Crippen LogP contribution in [0.1, 0.15) is 83.3 Å². The number of carbonyl (C=O) groups is 7. The topological polar surface area (TPSA) is 442 Å². The number of nitro groups is 1. The number of rotatable bonds is 31. The number of nitrogens with one attached hydrogen (secondary N) is 7. The molecule has 0 bridgehead atoms.